The molecule has 0 aromatic carbocycles. The minimum Gasteiger partial charge on any atom is -0.390 e. The molecule has 0 saturated carbocycles. The Balaban J connectivity index is 2.23. The number of rotatable bonds is 4. The molecule has 1 aliphatic rings. The number of nitrogens with zero attached hydrogens (tertiary/aromatic N) is 2. The first-order valence-corrected chi connectivity index (χ1v) is 3.95. The molecule has 0 aliphatic carbocycles. The van der Waals surface area contributed by atoms with Crippen LogP contribution >= 0.6 is 0 Å². The molecular formula is C8H13N2O. The van der Waals surface area contributed by atoms with Gasteiger partial charge in [-0.25, -0.2) is 10.3 Å². The maximum atomic E-state index is 8.67. The second-order valence-corrected chi connectivity index (χ2v) is 2.54. The van der Waals surface area contributed by atoms with Crippen LogP contribution in [0.2, 0.25) is 0 Å². The van der Waals surface area contributed by atoms with Crippen molar-refractivity contribution < 1.29 is 5.11 Å². The highest BCUT2D eigenvalue weighted by molar-refractivity contribution is 5.85. The van der Waals surface area contributed by atoms with Gasteiger partial charge < -0.3 is 5.11 Å². The minimum atomic E-state index is -0.000868. The molecule has 3 heteroatoms. The predicted molar refractivity (Wildman–Crippen MR) is 44.3 cm³/mol. The Morgan fingerprint density at radius 3 is 2.91 bits per heavy atom. The van der Waals surface area contributed by atoms with E-state index in [-0.39, 0.29) is 6.61 Å². The summed E-state index contributed by atoms with van der Waals surface area (Å²) >= 11 is 0. The summed E-state index contributed by atoms with van der Waals surface area (Å²) in [4.78, 5) is 4.05. The van der Waals surface area contributed by atoms with Gasteiger partial charge in [0.2, 0.25) is 0 Å². The van der Waals surface area contributed by atoms with Crippen molar-refractivity contribution in [2.24, 2.45) is 4.99 Å². The molecule has 0 atom stereocenters. The second-order valence-electron chi connectivity index (χ2n) is 2.54. The van der Waals surface area contributed by atoms with E-state index in [2.05, 4.69) is 17.2 Å². The lowest BCUT2D eigenvalue weighted by molar-refractivity contribution is 0.326. The molecule has 1 N–H and O–H groups in total. The molecule has 0 spiro atoms. The summed E-state index contributed by atoms with van der Waals surface area (Å²) in [6, 6.07) is 0. The third-order valence-electron chi connectivity index (χ3n) is 1.55. The summed E-state index contributed by atoms with van der Waals surface area (Å²) in [5.41, 5.74) is 0.677. The van der Waals surface area contributed by atoms with Crippen molar-refractivity contribution in [2.75, 3.05) is 6.61 Å². The number of aliphatic hydroxyl groups is 1. The zero-order valence-electron chi connectivity index (χ0n) is 6.75. The van der Waals surface area contributed by atoms with Gasteiger partial charge in [0.25, 0.3) is 0 Å². The summed E-state index contributed by atoms with van der Waals surface area (Å²) in [5, 5.41) is 12.8. The summed E-state index contributed by atoms with van der Waals surface area (Å²) in [6.07, 6.45) is 4.83. The van der Waals surface area contributed by atoms with Gasteiger partial charge in [-0.2, -0.15) is 0 Å². The van der Waals surface area contributed by atoms with Gasteiger partial charge in [0.15, 0.2) is 0 Å². The van der Waals surface area contributed by atoms with Crippen molar-refractivity contribution >= 4 is 5.84 Å². The molecule has 11 heavy (non-hydrogen) atoms. The molecule has 0 aromatic heterocycles. The Morgan fingerprint density at radius 1 is 1.55 bits per heavy atom. The van der Waals surface area contributed by atoms with E-state index in [4.69, 9.17) is 5.11 Å². The maximum absolute atomic E-state index is 8.67. The van der Waals surface area contributed by atoms with Crippen molar-refractivity contribution in [3.63, 3.8) is 0 Å². The Kier molecular flexibility index (Phi) is 3.11. The van der Waals surface area contributed by atoms with Gasteiger partial charge in [0.1, 0.15) is 5.84 Å². The Bertz CT molecular complexity index is 185. The van der Waals surface area contributed by atoms with E-state index >= 15 is 0 Å². The van der Waals surface area contributed by atoms with E-state index < -0.39 is 0 Å². The lowest BCUT2D eigenvalue weighted by Gasteiger charge is -1.99. The van der Waals surface area contributed by atoms with Crippen molar-refractivity contribution in [1.82, 2.24) is 5.32 Å². The highest BCUT2D eigenvalue weighted by Crippen LogP contribution is 2.05. The van der Waals surface area contributed by atoms with Gasteiger partial charge in [-0.05, 0) is 6.42 Å². The SMILES string of the molecule is CCCCC1=NC=C(CO)[N]1. The largest absolute Gasteiger partial charge is 0.390 e. The Hall–Kier alpha value is -0.830. The molecule has 61 valence electrons. The quantitative estimate of drug-likeness (QED) is 0.644. The van der Waals surface area contributed by atoms with E-state index in [0.717, 1.165) is 25.1 Å². The summed E-state index contributed by atoms with van der Waals surface area (Å²) in [7, 11) is 0. The van der Waals surface area contributed by atoms with Crippen LogP contribution in [-0.2, 0) is 0 Å². The van der Waals surface area contributed by atoms with Gasteiger partial charge >= 0.3 is 0 Å². The smallest absolute Gasteiger partial charge is 0.128 e. The van der Waals surface area contributed by atoms with Crippen molar-refractivity contribution in [3.8, 4) is 0 Å². The van der Waals surface area contributed by atoms with Gasteiger partial charge in [-0.15, -0.1) is 0 Å². The molecule has 0 unspecified atom stereocenters. The van der Waals surface area contributed by atoms with E-state index in [9.17, 15) is 0 Å². The number of amidine groups is 1. The zero-order valence-corrected chi connectivity index (χ0v) is 6.75. The Morgan fingerprint density at radius 2 is 2.36 bits per heavy atom. The molecule has 0 fully saturated rings. The molecule has 1 radical (unpaired) electrons. The maximum Gasteiger partial charge on any atom is 0.128 e. The van der Waals surface area contributed by atoms with Crippen molar-refractivity contribution in [3.05, 3.63) is 11.9 Å². The molecule has 0 aromatic rings. The van der Waals surface area contributed by atoms with E-state index in [0.29, 0.717) is 5.70 Å². The van der Waals surface area contributed by atoms with Crippen LogP contribution in [0.3, 0.4) is 0 Å². The third-order valence-corrected chi connectivity index (χ3v) is 1.55. The molecule has 1 aliphatic heterocycles. The van der Waals surface area contributed by atoms with Crippen LogP contribution in [0.5, 0.6) is 0 Å². The third kappa shape index (κ3) is 2.35. The molecule has 0 amide bonds. The van der Waals surface area contributed by atoms with Crippen molar-refractivity contribution in [1.29, 1.82) is 0 Å². The van der Waals surface area contributed by atoms with Gasteiger partial charge in [-0.3, -0.25) is 0 Å². The fraction of sp³-hybridized carbons (Fsp3) is 0.625. The van der Waals surface area contributed by atoms with Crippen LogP contribution in [0.1, 0.15) is 26.2 Å². The summed E-state index contributed by atoms with van der Waals surface area (Å²) in [6.45, 7) is 2.13. The highest BCUT2D eigenvalue weighted by Gasteiger charge is 2.08. The number of unbranched alkanes of at least 4 members (excludes halogenated alkanes) is 1. The van der Waals surface area contributed by atoms with Crippen LogP contribution in [0.15, 0.2) is 16.9 Å². The number of hydrogen-bond acceptors (Lipinski definition) is 2. The monoisotopic (exact) mass is 153 g/mol. The molecule has 1 rings (SSSR count). The molecular weight excluding hydrogens is 140 g/mol. The number of hydrogen-bond donors (Lipinski definition) is 1. The van der Waals surface area contributed by atoms with Gasteiger partial charge in [0, 0.05) is 6.42 Å². The first-order chi connectivity index (χ1) is 5.36. The lowest BCUT2D eigenvalue weighted by atomic mass is 10.2. The number of aliphatic hydroxyl groups excluding tert-OH is 1. The van der Waals surface area contributed by atoms with E-state index in [1.807, 2.05) is 0 Å². The zero-order chi connectivity index (χ0) is 8.10. The van der Waals surface area contributed by atoms with Crippen LogP contribution < -0.4 is 5.32 Å². The molecule has 0 saturated heterocycles. The van der Waals surface area contributed by atoms with Crippen molar-refractivity contribution in [2.45, 2.75) is 26.2 Å². The second kappa shape index (κ2) is 4.13. The van der Waals surface area contributed by atoms with Crippen LogP contribution in [0.25, 0.3) is 0 Å². The lowest BCUT2D eigenvalue weighted by Crippen LogP contribution is -2.12. The van der Waals surface area contributed by atoms with Crippen LogP contribution in [-0.4, -0.2) is 17.5 Å². The molecule has 3 nitrogen and oxygen atoms in total. The molecule has 1 heterocycles. The average molecular weight is 153 g/mol. The predicted octanol–water partition coefficient (Wildman–Crippen LogP) is 1.03. The fourth-order valence-electron chi connectivity index (χ4n) is 0.904. The number of aliphatic imine (C=N–C) groups is 1. The fourth-order valence-corrected chi connectivity index (χ4v) is 0.904. The normalized spacial score (nSPS) is 15.8. The van der Waals surface area contributed by atoms with Crippen LogP contribution in [0.4, 0.5) is 0 Å². The standard InChI is InChI=1S/C8H13N2O/c1-2-3-4-8-9-5-7(6-11)10-8/h5,11H,2-4,6H2,1H3. The van der Waals surface area contributed by atoms with Crippen LogP contribution in [0, 0.1) is 0 Å². The van der Waals surface area contributed by atoms with Gasteiger partial charge in [-0.1, -0.05) is 13.3 Å². The minimum absolute atomic E-state index is 0.000868. The van der Waals surface area contributed by atoms with Gasteiger partial charge in [0.05, 0.1) is 18.5 Å². The molecule has 0 bridgehead atoms. The Labute approximate surface area is 66.8 Å². The van der Waals surface area contributed by atoms with E-state index in [1.54, 1.807) is 6.20 Å². The highest BCUT2D eigenvalue weighted by atomic mass is 16.3. The summed E-state index contributed by atoms with van der Waals surface area (Å²) < 4.78 is 0. The topological polar surface area (TPSA) is 46.7 Å². The van der Waals surface area contributed by atoms with E-state index in [1.165, 1.54) is 0 Å². The average Bonchev–Trinajstić information content (AvgIpc) is 2.48. The summed E-state index contributed by atoms with van der Waals surface area (Å²) in [5.74, 6) is 0.857. The first-order valence-electron chi connectivity index (χ1n) is 3.95. The first kappa shape index (κ1) is 8.27.